The van der Waals surface area contributed by atoms with Crippen molar-refractivity contribution in [3.8, 4) is 5.75 Å². The van der Waals surface area contributed by atoms with E-state index in [0.717, 1.165) is 39.2 Å². The van der Waals surface area contributed by atoms with Crippen molar-refractivity contribution in [3.63, 3.8) is 0 Å². The van der Waals surface area contributed by atoms with Crippen molar-refractivity contribution in [2.45, 2.75) is 0 Å². The number of hydrogen-bond acceptors (Lipinski definition) is 4. The lowest BCUT2D eigenvalue weighted by atomic mass is 10.2. The molecule has 5 nitrogen and oxygen atoms in total. The van der Waals surface area contributed by atoms with Crippen LogP contribution < -0.4 is 10.1 Å². The van der Waals surface area contributed by atoms with Gasteiger partial charge >= 0.3 is 0 Å². The maximum Gasteiger partial charge on any atom is 0.158 e. The average Bonchev–Trinajstić information content (AvgIpc) is 2.95. The lowest BCUT2D eigenvalue weighted by Gasteiger charge is -2.07. The number of fused-ring (bicyclic) bond motifs is 3. The molecule has 0 spiro atoms. The topological polar surface area (TPSA) is 62.8 Å². The number of anilines is 2. The summed E-state index contributed by atoms with van der Waals surface area (Å²) in [5.41, 5.74) is 3.77. The standard InChI is InChI=1S/C17H14N4O/c1-22-12-6-4-5-11(9-12)20-17-16-15(18-10-19-17)13-7-2-3-8-14(13)21-16/h2-10,21H,1H3,(H,18,19,20). The zero-order chi connectivity index (χ0) is 14.9. The van der Waals surface area contributed by atoms with Gasteiger partial charge in [-0.1, -0.05) is 24.3 Å². The Balaban J connectivity index is 1.84. The van der Waals surface area contributed by atoms with Gasteiger partial charge in [0.25, 0.3) is 0 Å². The molecule has 0 aliphatic rings. The van der Waals surface area contributed by atoms with Gasteiger partial charge < -0.3 is 15.0 Å². The summed E-state index contributed by atoms with van der Waals surface area (Å²) in [5, 5.41) is 4.41. The van der Waals surface area contributed by atoms with Crippen molar-refractivity contribution in [2.75, 3.05) is 12.4 Å². The zero-order valence-corrected chi connectivity index (χ0v) is 12.0. The molecular formula is C17H14N4O. The number of methoxy groups -OCH3 is 1. The Labute approximate surface area is 127 Å². The van der Waals surface area contributed by atoms with Crippen LogP contribution in [-0.4, -0.2) is 22.1 Å². The fourth-order valence-electron chi connectivity index (χ4n) is 2.57. The maximum atomic E-state index is 5.25. The third kappa shape index (κ3) is 2.03. The normalized spacial score (nSPS) is 11.0. The first-order valence-corrected chi connectivity index (χ1v) is 6.97. The Hall–Kier alpha value is -3.08. The van der Waals surface area contributed by atoms with Crippen LogP contribution in [0, 0.1) is 0 Å². The minimum absolute atomic E-state index is 0.745. The lowest BCUT2D eigenvalue weighted by molar-refractivity contribution is 0.415. The van der Waals surface area contributed by atoms with Gasteiger partial charge in [-0.25, -0.2) is 9.97 Å². The quantitative estimate of drug-likeness (QED) is 0.601. The van der Waals surface area contributed by atoms with E-state index in [1.807, 2.05) is 42.5 Å². The van der Waals surface area contributed by atoms with Gasteiger partial charge in [0.2, 0.25) is 0 Å². The number of nitrogens with one attached hydrogen (secondary N) is 2. The summed E-state index contributed by atoms with van der Waals surface area (Å²) in [6.07, 6.45) is 1.57. The van der Waals surface area contributed by atoms with Crippen LogP contribution in [0.5, 0.6) is 5.75 Å². The van der Waals surface area contributed by atoms with Crippen LogP contribution in [0.2, 0.25) is 0 Å². The average molecular weight is 290 g/mol. The maximum absolute atomic E-state index is 5.25. The van der Waals surface area contributed by atoms with E-state index in [1.165, 1.54) is 0 Å². The summed E-state index contributed by atoms with van der Waals surface area (Å²) in [4.78, 5) is 12.1. The predicted molar refractivity (Wildman–Crippen MR) is 87.7 cm³/mol. The molecule has 0 atom stereocenters. The fourth-order valence-corrected chi connectivity index (χ4v) is 2.57. The molecule has 0 radical (unpaired) electrons. The second-order valence-electron chi connectivity index (χ2n) is 4.97. The summed E-state index contributed by atoms with van der Waals surface area (Å²) in [7, 11) is 1.65. The third-order valence-electron chi connectivity index (χ3n) is 3.62. The number of nitrogens with zero attached hydrogens (tertiary/aromatic N) is 2. The summed E-state index contributed by atoms with van der Waals surface area (Å²) in [6, 6.07) is 15.8. The van der Waals surface area contributed by atoms with Gasteiger partial charge in [0.05, 0.1) is 7.11 Å². The number of rotatable bonds is 3. The second-order valence-corrected chi connectivity index (χ2v) is 4.97. The number of ether oxygens (including phenoxy) is 1. The van der Waals surface area contributed by atoms with Crippen molar-refractivity contribution < 1.29 is 4.74 Å². The molecule has 0 amide bonds. The molecule has 0 saturated carbocycles. The Bertz CT molecular complexity index is 961. The van der Waals surface area contributed by atoms with Crippen molar-refractivity contribution in [1.29, 1.82) is 0 Å². The first kappa shape index (κ1) is 12.6. The van der Waals surface area contributed by atoms with Crippen LogP contribution in [0.1, 0.15) is 0 Å². The van der Waals surface area contributed by atoms with Crippen molar-refractivity contribution in [1.82, 2.24) is 15.0 Å². The highest BCUT2D eigenvalue weighted by molar-refractivity contribution is 6.08. The number of benzene rings is 2. The summed E-state index contributed by atoms with van der Waals surface area (Å²) >= 11 is 0. The van der Waals surface area contributed by atoms with Crippen molar-refractivity contribution >= 4 is 33.4 Å². The minimum atomic E-state index is 0.745. The first-order valence-electron chi connectivity index (χ1n) is 6.97. The van der Waals surface area contributed by atoms with E-state index in [4.69, 9.17) is 4.74 Å². The smallest absolute Gasteiger partial charge is 0.158 e. The van der Waals surface area contributed by atoms with Crippen molar-refractivity contribution in [2.24, 2.45) is 0 Å². The van der Waals surface area contributed by atoms with E-state index in [0.29, 0.717) is 0 Å². The van der Waals surface area contributed by atoms with E-state index in [9.17, 15) is 0 Å². The van der Waals surface area contributed by atoms with Crippen LogP contribution in [0.4, 0.5) is 11.5 Å². The van der Waals surface area contributed by atoms with Gasteiger partial charge in [-0.15, -0.1) is 0 Å². The number of hydrogen-bond donors (Lipinski definition) is 2. The Morgan fingerprint density at radius 1 is 1.05 bits per heavy atom. The van der Waals surface area contributed by atoms with Gasteiger partial charge in [-0.2, -0.15) is 0 Å². The molecule has 0 aliphatic heterocycles. The zero-order valence-electron chi connectivity index (χ0n) is 12.0. The summed E-state index contributed by atoms with van der Waals surface area (Å²) in [6.45, 7) is 0. The fraction of sp³-hybridized carbons (Fsp3) is 0.0588. The number of aromatic amines is 1. The van der Waals surface area contributed by atoms with Gasteiger partial charge in [0.15, 0.2) is 5.82 Å². The molecule has 2 aromatic carbocycles. The third-order valence-corrected chi connectivity index (χ3v) is 3.62. The molecule has 2 aromatic heterocycles. The number of H-pyrrole nitrogens is 1. The second kappa shape index (κ2) is 5.04. The van der Waals surface area contributed by atoms with Crippen LogP contribution in [-0.2, 0) is 0 Å². The molecule has 2 heterocycles. The molecule has 2 N–H and O–H groups in total. The Morgan fingerprint density at radius 2 is 1.95 bits per heavy atom. The Kier molecular flexibility index (Phi) is 2.89. The highest BCUT2D eigenvalue weighted by Gasteiger charge is 2.10. The molecule has 4 aromatic rings. The van der Waals surface area contributed by atoms with Gasteiger partial charge in [0.1, 0.15) is 23.1 Å². The van der Waals surface area contributed by atoms with Crippen molar-refractivity contribution in [3.05, 3.63) is 54.9 Å². The van der Waals surface area contributed by atoms with E-state index in [1.54, 1.807) is 13.4 Å². The number of aromatic nitrogens is 3. The van der Waals surface area contributed by atoms with Gasteiger partial charge in [-0.05, 0) is 18.2 Å². The molecule has 108 valence electrons. The minimum Gasteiger partial charge on any atom is -0.497 e. The number of para-hydroxylation sites is 1. The largest absolute Gasteiger partial charge is 0.497 e. The van der Waals surface area contributed by atoms with E-state index in [2.05, 4.69) is 26.3 Å². The molecule has 0 unspecified atom stereocenters. The van der Waals surface area contributed by atoms with Gasteiger partial charge in [0, 0.05) is 22.7 Å². The highest BCUT2D eigenvalue weighted by atomic mass is 16.5. The summed E-state index contributed by atoms with van der Waals surface area (Å²) in [5.74, 6) is 1.54. The SMILES string of the molecule is COc1cccc(Nc2ncnc3c2[nH]c2ccccc23)c1. The molecular weight excluding hydrogens is 276 g/mol. The molecule has 0 bridgehead atoms. The summed E-state index contributed by atoms with van der Waals surface area (Å²) < 4.78 is 5.25. The molecule has 4 rings (SSSR count). The predicted octanol–water partition coefficient (Wildman–Crippen LogP) is 3.86. The van der Waals surface area contributed by atoms with Crippen LogP contribution in [0.25, 0.3) is 21.9 Å². The molecule has 0 aliphatic carbocycles. The van der Waals surface area contributed by atoms with Gasteiger partial charge in [-0.3, -0.25) is 0 Å². The molecule has 5 heteroatoms. The van der Waals surface area contributed by atoms with Crippen LogP contribution in [0.15, 0.2) is 54.9 Å². The monoisotopic (exact) mass is 290 g/mol. The molecule has 0 saturated heterocycles. The Morgan fingerprint density at radius 3 is 2.86 bits per heavy atom. The highest BCUT2D eigenvalue weighted by Crippen LogP contribution is 2.29. The van der Waals surface area contributed by atoms with E-state index >= 15 is 0 Å². The molecule has 22 heavy (non-hydrogen) atoms. The molecule has 0 fully saturated rings. The van der Waals surface area contributed by atoms with Crippen LogP contribution in [0.3, 0.4) is 0 Å². The van der Waals surface area contributed by atoms with Crippen LogP contribution >= 0.6 is 0 Å². The lowest BCUT2D eigenvalue weighted by Crippen LogP contribution is -1.96. The first-order chi connectivity index (χ1) is 10.8. The van der Waals surface area contributed by atoms with E-state index < -0.39 is 0 Å². The van der Waals surface area contributed by atoms with E-state index in [-0.39, 0.29) is 0 Å².